The summed E-state index contributed by atoms with van der Waals surface area (Å²) in [5.41, 5.74) is 3.02. The van der Waals surface area contributed by atoms with Crippen LogP contribution >= 0.6 is 15.9 Å². The molecule has 0 saturated heterocycles. The molecule has 0 aliphatic carbocycles. The van der Waals surface area contributed by atoms with E-state index in [1.165, 1.54) is 11.9 Å². The molecular weight excluding hydrogens is 342 g/mol. The van der Waals surface area contributed by atoms with E-state index in [0.29, 0.717) is 11.9 Å². The minimum absolute atomic E-state index is 0.489. The first-order valence-electron chi connectivity index (χ1n) is 6.74. The average Bonchev–Trinajstić information content (AvgIpc) is 2.47. The van der Waals surface area contributed by atoms with Gasteiger partial charge in [-0.25, -0.2) is 9.97 Å². The van der Waals surface area contributed by atoms with Gasteiger partial charge < -0.3 is 10.6 Å². The van der Waals surface area contributed by atoms with Gasteiger partial charge in [0.2, 0.25) is 11.9 Å². The van der Waals surface area contributed by atoms with Crippen molar-refractivity contribution in [1.29, 1.82) is 0 Å². The SMILES string of the molecule is Cc1cccc(Nc2ncnc(Nc3cccc(Br)c3)n2)c1. The number of hydrogen-bond acceptors (Lipinski definition) is 5. The number of rotatable bonds is 4. The quantitative estimate of drug-likeness (QED) is 0.724. The van der Waals surface area contributed by atoms with Gasteiger partial charge in [-0.15, -0.1) is 0 Å². The highest BCUT2D eigenvalue weighted by atomic mass is 79.9. The lowest BCUT2D eigenvalue weighted by Gasteiger charge is -2.08. The topological polar surface area (TPSA) is 62.7 Å². The van der Waals surface area contributed by atoms with Crippen molar-refractivity contribution in [3.63, 3.8) is 0 Å². The lowest BCUT2D eigenvalue weighted by Crippen LogP contribution is -2.02. The summed E-state index contributed by atoms with van der Waals surface area (Å²) in [6, 6.07) is 15.8. The number of hydrogen-bond donors (Lipinski definition) is 2. The summed E-state index contributed by atoms with van der Waals surface area (Å²) in [5, 5.41) is 6.32. The lowest BCUT2D eigenvalue weighted by atomic mass is 10.2. The van der Waals surface area contributed by atoms with Crippen LogP contribution in [0, 0.1) is 6.92 Å². The van der Waals surface area contributed by atoms with Gasteiger partial charge in [-0.3, -0.25) is 0 Å². The number of nitrogens with one attached hydrogen (secondary N) is 2. The van der Waals surface area contributed by atoms with Crippen LogP contribution in [0.15, 0.2) is 59.3 Å². The molecule has 1 heterocycles. The maximum Gasteiger partial charge on any atom is 0.232 e. The third kappa shape index (κ3) is 3.79. The number of halogens is 1. The smallest absolute Gasteiger partial charge is 0.232 e. The molecule has 2 N–H and O–H groups in total. The van der Waals surface area contributed by atoms with Gasteiger partial charge >= 0.3 is 0 Å². The molecule has 6 heteroatoms. The van der Waals surface area contributed by atoms with Crippen molar-refractivity contribution >= 4 is 39.2 Å². The van der Waals surface area contributed by atoms with E-state index in [1.807, 2.05) is 55.5 Å². The Morgan fingerprint density at radius 3 is 2.14 bits per heavy atom. The second-order valence-electron chi connectivity index (χ2n) is 4.76. The monoisotopic (exact) mass is 355 g/mol. The van der Waals surface area contributed by atoms with E-state index in [-0.39, 0.29) is 0 Å². The zero-order chi connectivity index (χ0) is 15.4. The van der Waals surface area contributed by atoms with Crippen LogP contribution < -0.4 is 10.6 Å². The summed E-state index contributed by atoms with van der Waals surface area (Å²) in [4.78, 5) is 12.6. The van der Waals surface area contributed by atoms with Crippen molar-refractivity contribution in [2.24, 2.45) is 0 Å². The minimum Gasteiger partial charge on any atom is -0.324 e. The molecule has 0 aliphatic heterocycles. The van der Waals surface area contributed by atoms with Crippen LogP contribution in [0.2, 0.25) is 0 Å². The second kappa shape index (κ2) is 6.53. The van der Waals surface area contributed by atoms with E-state index < -0.39 is 0 Å². The highest BCUT2D eigenvalue weighted by Crippen LogP contribution is 2.19. The molecule has 22 heavy (non-hydrogen) atoms. The number of benzene rings is 2. The number of anilines is 4. The Morgan fingerprint density at radius 1 is 0.864 bits per heavy atom. The molecular formula is C16H14BrN5. The molecule has 0 bridgehead atoms. The summed E-state index contributed by atoms with van der Waals surface area (Å²) in [7, 11) is 0. The maximum atomic E-state index is 4.36. The van der Waals surface area contributed by atoms with Crippen LogP contribution in [-0.2, 0) is 0 Å². The van der Waals surface area contributed by atoms with Crippen LogP contribution in [0.5, 0.6) is 0 Å². The Balaban J connectivity index is 1.78. The van der Waals surface area contributed by atoms with Gasteiger partial charge in [-0.2, -0.15) is 4.98 Å². The molecule has 1 aromatic heterocycles. The van der Waals surface area contributed by atoms with Gasteiger partial charge in [0.05, 0.1) is 0 Å². The van der Waals surface area contributed by atoms with Gasteiger partial charge in [0, 0.05) is 15.8 Å². The summed E-state index contributed by atoms with van der Waals surface area (Å²) in [5.74, 6) is 0.987. The predicted molar refractivity (Wildman–Crippen MR) is 91.7 cm³/mol. The minimum atomic E-state index is 0.489. The Bertz CT molecular complexity index is 728. The summed E-state index contributed by atoms with van der Waals surface area (Å²) in [6.45, 7) is 2.04. The van der Waals surface area contributed by atoms with E-state index in [4.69, 9.17) is 0 Å². The van der Waals surface area contributed by atoms with Gasteiger partial charge in [-0.05, 0) is 42.8 Å². The third-order valence-corrected chi connectivity index (χ3v) is 3.42. The zero-order valence-corrected chi connectivity index (χ0v) is 13.5. The molecule has 0 radical (unpaired) electrons. The summed E-state index contributed by atoms with van der Waals surface area (Å²) in [6.07, 6.45) is 1.48. The molecule has 0 fully saturated rings. The lowest BCUT2D eigenvalue weighted by molar-refractivity contribution is 1.06. The van der Waals surface area contributed by atoms with Crippen LogP contribution in [0.3, 0.4) is 0 Å². The summed E-state index contributed by atoms with van der Waals surface area (Å²) < 4.78 is 0.990. The summed E-state index contributed by atoms with van der Waals surface area (Å²) >= 11 is 3.44. The standard InChI is InChI=1S/C16H14BrN5/c1-11-4-2-6-13(8-11)20-15-18-10-19-16(22-15)21-14-7-3-5-12(17)9-14/h2-10H,1H3,(H2,18,19,20,21,22). The van der Waals surface area contributed by atoms with Crippen LogP contribution in [-0.4, -0.2) is 15.0 Å². The van der Waals surface area contributed by atoms with E-state index in [0.717, 1.165) is 15.8 Å². The third-order valence-electron chi connectivity index (χ3n) is 2.93. The molecule has 110 valence electrons. The fraction of sp³-hybridized carbons (Fsp3) is 0.0625. The van der Waals surface area contributed by atoms with E-state index in [2.05, 4.69) is 41.5 Å². The molecule has 0 saturated carbocycles. The normalized spacial score (nSPS) is 10.3. The highest BCUT2D eigenvalue weighted by Gasteiger charge is 2.02. The number of nitrogens with zero attached hydrogens (tertiary/aromatic N) is 3. The van der Waals surface area contributed by atoms with E-state index >= 15 is 0 Å². The average molecular weight is 356 g/mol. The molecule has 0 atom stereocenters. The molecule has 2 aromatic carbocycles. The predicted octanol–water partition coefficient (Wildman–Crippen LogP) is 4.43. The number of aromatic nitrogens is 3. The molecule has 5 nitrogen and oxygen atoms in total. The Labute approximate surface area is 137 Å². The van der Waals surface area contributed by atoms with Gasteiger partial charge in [0.25, 0.3) is 0 Å². The number of aryl methyl sites for hydroxylation is 1. The first kappa shape index (κ1) is 14.5. The van der Waals surface area contributed by atoms with Crippen LogP contribution in [0.25, 0.3) is 0 Å². The van der Waals surface area contributed by atoms with Gasteiger partial charge in [-0.1, -0.05) is 34.1 Å². The first-order chi connectivity index (χ1) is 10.7. The Kier molecular flexibility index (Phi) is 4.29. The van der Waals surface area contributed by atoms with E-state index in [9.17, 15) is 0 Å². The Morgan fingerprint density at radius 2 is 1.50 bits per heavy atom. The molecule has 3 rings (SSSR count). The molecule has 0 spiro atoms. The zero-order valence-electron chi connectivity index (χ0n) is 11.9. The van der Waals surface area contributed by atoms with E-state index in [1.54, 1.807) is 0 Å². The van der Waals surface area contributed by atoms with Crippen molar-refractivity contribution in [2.45, 2.75) is 6.92 Å². The van der Waals surface area contributed by atoms with Gasteiger partial charge in [0.15, 0.2) is 0 Å². The first-order valence-corrected chi connectivity index (χ1v) is 7.54. The second-order valence-corrected chi connectivity index (χ2v) is 5.68. The Hall–Kier alpha value is -2.47. The fourth-order valence-electron chi connectivity index (χ4n) is 1.96. The van der Waals surface area contributed by atoms with Crippen molar-refractivity contribution < 1.29 is 0 Å². The van der Waals surface area contributed by atoms with Crippen molar-refractivity contribution in [2.75, 3.05) is 10.6 Å². The van der Waals surface area contributed by atoms with Gasteiger partial charge in [0.1, 0.15) is 6.33 Å². The molecule has 3 aromatic rings. The largest absolute Gasteiger partial charge is 0.324 e. The molecule has 0 aliphatic rings. The highest BCUT2D eigenvalue weighted by molar-refractivity contribution is 9.10. The molecule has 0 unspecified atom stereocenters. The van der Waals surface area contributed by atoms with Crippen molar-refractivity contribution in [3.05, 3.63) is 64.9 Å². The fourth-order valence-corrected chi connectivity index (χ4v) is 2.36. The van der Waals surface area contributed by atoms with Crippen LogP contribution in [0.4, 0.5) is 23.3 Å². The van der Waals surface area contributed by atoms with Crippen LogP contribution in [0.1, 0.15) is 5.56 Å². The van der Waals surface area contributed by atoms with Crippen molar-refractivity contribution in [1.82, 2.24) is 15.0 Å². The maximum absolute atomic E-state index is 4.36. The van der Waals surface area contributed by atoms with Crippen molar-refractivity contribution in [3.8, 4) is 0 Å². The molecule has 0 amide bonds.